The largest absolute Gasteiger partial charge is 0.444 e. The molecule has 0 spiro atoms. The Morgan fingerprint density at radius 2 is 2.00 bits per heavy atom. The minimum atomic E-state index is -0.478. The van der Waals surface area contributed by atoms with E-state index in [0.29, 0.717) is 6.54 Å². The zero-order valence-corrected chi connectivity index (χ0v) is 12.2. The van der Waals surface area contributed by atoms with Gasteiger partial charge in [0.15, 0.2) is 0 Å². The second kappa shape index (κ2) is 5.16. The molecule has 0 aliphatic carbocycles. The summed E-state index contributed by atoms with van der Waals surface area (Å²) in [4.78, 5) is 16.8. The zero-order valence-electron chi connectivity index (χ0n) is 12.2. The molecule has 0 aromatic rings. The molecule has 1 heterocycles. The van der Waals surface area contributed by atoms with Crippen LogP contribution >= 0.6 is 0 Å². The first kappa shape index (κ1) is 14.8. The molecule has 0 radical (unpaired) electrons. The van der Waals surface area contributed by atoms with Crippen molar-refractivity contribution in [1.29, 1.82) is 0 Å². The highest BCUT2D eigenvalue weighted by Crippen LogP contribution is 2.24. The van der Waals surface area contributed by atoms with Crippen LogP contribution in [-0.4, -0.2) is 30.1 Å². The third kappa shape index (κ3) is 4.94. The minimum Gasteiger partial charge on any atom is -0.444 e. The monoisotopic (exact) mass is 256 g/mol. The van der Waals surface area contributed by atoms with Crippen LogP contribution in [0.15, 0.2) is 5.16 Å². The number of amides is 1. The van der Waals surface area contributed by atoms with Crippen LogP contribution in [0.2, 0.25) is 0 Å². The van der Waals surface area contributed by atoms with Crippen LogP contribution in [0, 0.1) is 5.41 Å². The first-order valence-corrected chi connectivity index (χ1v) is 6.28. The van der Waals surface area contributed by atoms with E-state index in [1.165, 1.54) is 0 Å². The molecule has 0 saturated carbocycles. The number of oxime groups is 1. The van der Waals surface area contributed by atoms with Gasteiger partial charge in [-0.25, -0.2) is 4.79 Å². The summed E-state index contributed by atoms with van der Waals surface area (Å²) >= 11 is 0. The molecular formula is C13H24N2O3. The van der Waals surface area contributed by atoms with E-state index < -0.39 is 11.7 Å². The molecule has 0 aromatic heterocycles. The molecule has 5 nitrogen and oxygen atoms in total. The Bertz CT molecular complexity index is 337. The van der Waals surface area contributed by atoms with Crippen molar-refractivity contribution in [2.24, 2.45) is 10.6 Å². The Kier molecular flexibility index (Phi) is 4.24. The molecule has 1 rings (SSSR count). The average molecular weight is 256 g/mol. The fourth-order valence-electron chi connectivity index (χ4n) is 1.49. The molecule has 0 saturated heterocycles. The molecule has 1 atom stereocenters. The smallest absolute Gasteiger partial charge is 0.407 e. The number of ether oxygens (including phenoxy) is 1. The molecule has 5 heteroatoms. The van der Waals surface area contributed by atoms with Gasteiger partial charge in [0.2, 0.25) is 0 Å². The maximum atomic E-state index is 11.5. The summed E-state index contributed by atoms with van der Waals surface area (Å²) in [7, 11) is 0. The third-order valence-corrected chi connectivity index (χ3v) is 2.47. The standard InChI is InChI=1S/C13H24N2O3/c1-12(2,3)10-7-9(18-15-10)8-14-11(16)17-13(4,5)6/h9H,7-8H2,1-6H3,(H,14,16). The number of hydrogen-bond donors (Lipinski definition) is 1. The highest BCUT2D eigenvalue weighted by atomic mass is 16.6. The summed E-state index contributed by atoms with van der Waals surface area (Å²) in [6.07, 6.45) is 0.237. The van der Waals surface area contributed by atoms with Crippen LogP contribution < -0.4 is 5.32 Å². The Balaban J connectivity index is 2.30. The van der Waals surface area contributed by atoms with Crippen LogP contribution in [0.1, 0.15) is 48.0 Å². The molecule has 1 aliphatic heterocycles. The second-order valence-electron chi connectivity index (χ2n) is 6.60. The lowest BCUT2D eigenvalue weighted by atomic mass is 9.87. The van der Waals surface area contributed by atoms with Crippen molar-refractivity contribution in [2.45, 2.75) is 59.7 Å². The quantitative estimate of drug-likeness (QED) is 0.826. The van der Waals surface area contributed by atoms with Crippen molar-refractivity contribution in [2.75, 3.05) is 6.54 Å². The normalized spacial score (nSPS) is 20.1. The Morgan fingerprint density at radius 1 is 1.39 bits per heavy atom. The predicted molar refractivity (Wildman–Crippen MR) is 70.6 cm³/mol. The van der Waals surface area contributed by atoms with Crippen LogP contribution in [0.4, 0.5) is 4.79 Å². The van der Waals surface area contributed by atoms with Crippen molar-refractivity contribution in [3.05, 3.63) is 0 Å². The van der Waals surface area contributed by atoms with Crippen molar-refractivity contribution >= 4 is 11.8 Å². The van der Waals surface area contributed by atoms with Crippen molar-refractivity contribution in [3.63, 3.8) is 0 Å². The van der Waals surface area contributed by atoms with Gasteiger partial charge in [0, 0.05) is 11.8 Å². The van der Waals surface area contributed by atoms with Crippen molar-refractivity contribution in [1.82, 2.24) is 5.32 Å². The van der Waals surface area contributed by atoms with Crippen molar-refractivity contribution in [3.8, 4) is 0 Å². The third-order valence-electron chi connectivity index (χ3n) is 2.47. The molecule has 0 bridgehead atoms. The summed E-state index contributed by atoms with van der Waals surface area (Å²) in [6.45, 7) is 12.2. The SMILES string of the molecule is CC(C)(C)OC(=O)NCC1CC(C(C)(C)C)=NO1. The van der Waals surface area contributed by atoms with Gasteiger partial charge in [0.25, 0.3) is 0 Å². The molecule has 1 amide bonds. The van der Waals surface area contributed by atoms with E-state index >= 15 is 0 Å². The fraction of sp³-hybridized carbons (Fsp3) is 0.846. The molecule has 1 N–H and O–H groups in total. The lowest BCUT2D eigenvalue weighted by molar-refractivity contribution is 0.0439. The lowest BCUT2D eigenvalue weighted by Gasteiger charge is -2.20. The topological polar surface area (TPSA) is 59.9 Å². The van der Waals surface area contributed by atoms with Gasteiger partial charge in [-0.2, -0.15) is 0 Å². The number of nitrogens with zero attached hydrogens (tertiary/aromatic N) is 1. The first-order chi connectivity index (χ1) is 8.08. The Labute approximate surface area is 109 Å². The molecular weight excluding hydrogens is 232 g/mol. The van der Waals surface area contributed by atoms with Crippen LogP contribution in [0.25, 0.3) is 0 Å². The number of nitrogens with one attached hydrogen (secondary N) is 1. The van der Waals surface area contributed by atoms with Gasteiger partial charge >= 0.3 is 6.09 Å². The number of carbonyl (C=O) groups is 1. The molecule has 0 fully saturated rings. The lowest BCUT2D eigenvalue weighted by Crippen LogP contribution is -2.37. The van der Waals surface area contributed by atoms with Crippen molar-refractivity contribution < 1.29 is 14.4 Å². The Hall–Kier alpha value is -1.26. The first-order valence-electron chi connectivity index (χ1n) is 6.28. The van der Waals surface area contributed by atoms with Gasteiger partial charge in [-0.3, -0.25) is 0 Å². The summed E-state index contributed by atoms with van der Waals surface area (Å²) in [6, 6.07) is 0. The maximum absolute atomic E-state index is 11.5. The molecule has 1 unspecified atom stereocenters. The van der Waals surface area contributed by atoms with Gasteiger partial charge < -0.3 is 14.9 Å². The summed E-state index contributed by atoms with van der Waals surface area (Å²) in [5.41, 5.74) is 0.562. The van der Waals surface area contributed by atoms with Gasteiger partial charge in [-0.1, -0.05) is 25.9 Å². The van der Waals surface area contributed by atoms with E-state index in [2.05, 4.69) is 31.2 Å². The van der Waals surface area contributed by atoms with E-state index in [1.807, 2.05) is 20.8 Å². The van der Waals surface area contributed by atoms with Gasteiger partial charge in [0.1, 0.15) is 11.7 Å². The second-order valence-corrected chi connectivity index (χ2v) is 6.60. The summed E-state index contributed by atoms with van der Waals surface area (Å²) in [5, 5.41) is 6.76. The Morgan fingerprint density at radius 3 is 2.44 bits per heavy atom. The highest BCUT2D eigenvalue weighted by molar-refractivity contribution is 5.90. The van der Waals surface area contributed by atoms with E-state index in [4.69, 9.17) is 9.57 Å². The fourth-order valence-corrected chi connectivity index (χ4v) is 1.49. The van der Waals surface area contributed by atoms with Gasteiger partial charge in [-0.05, 0) is 20.8 Å². The van der Waals surface area contributed by atoms with E-state index in [1.54, 1.807) is 0 Å². The predicted octanol–water partition coefficient (Wildman–Crippen LogP) is 2.70. The summed E-state index contributed by atoms with van der Waals surface area (Å²) < 4.78 is 5.15. The van der Waals surface area contributed by atoms with E-state index in [0.717, 1.165) is 12.1 Å². The molecule has 18 heavy (non-hydrogen) atoms. The van der Waals surface area contributed by atoms with Crippen LogP contribution in [0.5, 0.6) is 0 Å². The average Bonchev–Trinajstić information content (AvgIpc) is 2.59. The summed E-state index contributed by atoms with van der Waals surface area (Å²) in [5.74, 6) is 0. The van der Waals surface area contributed by atoms with Gasteiger partial charge in [0.05, 0.1) is 12.3 Å². The maximum Gasteiger partial charge on any atom is 0.407 e. The molecule has 0 aromatic carbocycles. The minimum absolute atomic E-state index is 0.0146. The number of alkyl carbamates (subject to hydrolysis) is 1. The molecule has 104 valence electrons. The van der Waals surface area contributed by atoms with Crippen LogP contribution in [0.3, 0.4) is 0 Å². The number of carbonyl (C=O) groups excluding carboxylic acids is 1. The van der Waals surface area contributed by atoms with E-state index in [-0.39, 0.29) is 11.5 Å². The van der Waals surface area contributed by atoms with E-state index in [9.17, 15) is 4.79 Å². The number of hydrogen-bond acceptors (Lipinski definition) is 4. The van der Waals surface area contributed by atoms with Crippen LogP contribution in [-0.2, 0) is 9.57 Å². The molecule has 1 aliphatic rings. The zero-order chi connectivity index (χ0) is 14.0. The highest BCUT2D eigenvalue weighted by Gasteiger charge is 2.29. The van der Waals surface area contributed by atoms with Gasteiger partial charge in [-0.15, -0.1) is 0 Å². The number of rotatable bonds is 2.